The summed E-state index contributed by atoms with van der Waals surface area (Å²) in [4.78, 5) is 14.4. The predicted molar refractivity (Wildman–Crippen MR) is 80.0 cm³/mol. The van der Waals surface area contributed by atoms with Crippen LogP contribution in [-0.2, 0) is 9.53 Å². The van der Waals surface area contributed by atoms with Crippen LogP contribution in [0.5, 0.6) is 0 Å². The lowest BCUT2D eigenvalue weighted by atomic mass is 9.60. The van der Waals surface area contributed by atoms with Gasteiger partial charge in [-0.25, -0.2) is 0 Å². The molecule has 3 atom stereocenters. The summed E-state index contributed by atoms with van der Waals surface area (Å²) < 4.78 is 5.08. The van der Waals surface area contributed by atoms with Gasteiger partial charge in [-0.3, -0.25) is 4.79 Å². The van der Waals surface area contributed by atoms with E-state index in [-0.39, 0.29) is 17.2 Å². The minimum absolute atomic E-state index is 0.112. The zero-order chi connectivity index (χ0) is 14.5. The van der Waals surface area contributed by atoms with Crippen LogP contribution in [0.25, 0.3) is 0 Å². The van der Waals surface area contributed by atoms with E-state index in [1.165, 1.54) is 25.7 Å². The van der Waals surface area contributed by atoms with Gasteiger partial charge in [0.05, 0.1) is 12.0 Å². The molecule has 0 aromatic rings. The minimum atomic E-state index is -0.822. The van der Waals surface area contributed by atoms with Crippen LogP contribution >= 0.6 is 23.2 Å². The van der Waals surface area contributed by atoms with Crippen LogP contribution in [0.3, 0.4) is 0 Å². The Morgan fingerprint density at radius 2 is 1.95 bits per heavy atom. The molecule has 0 N–H and O–H groups in total. The Bertz CT molecular complexity index is 407. The van der Waals surface area contributed by atoms with Gasteiger partial charge in [0.25, 0.3) is 0 Å². The van der Waals surface area contributed by atoms with Gasteiger partial charge in [0.2, 0.25) is 5.91 Å². The number of carbonyl (C=O) groups excluding carboxylic acids is 1. The van der Waals surface area contributed by atoms with Crippen molar-refractivity contribution in [3.8, 4) is 0 Å². The third kappa shape index (κ3) is 2.17. The summed E-state index contributed by atoms with van der Waals surface area (Å²) in [6, 6.07) is 0.304. The number of ether oxygens (including phenoxy) is 1. The van der Waals surface area contributed by atoms with Crippen LogP contribution in [0.4, 0.5) is 0 Å². The first-order chi connectivity index (χ1) is 9.42. The van der Waals surface area contributed by atoms with E-state index in [1.807, 2.05) is 18.9 Å². The van der Waals surface area contributed by atoms with Gasteiger partial charge < -0.3 is 9.64 Å². The van der Waals surface area contributed by atoms with Crippen molar-refractivity contribution in [1.29, 1.82) is 0 Å². The number of halogens is 2. The van der Waals surface area contributed by atoms with E-state index in [2.05, 4.69) is 0 Å². The summed E-state index contributed by atoms with van der Waals surface area (Å²) in [6.07, 6.45) is 6.73. The highest BCUT2D eigenvalue weighted by Gasteiger charge is 2.62. The van der Waals surface area contributed by atoms with Crippen LogP contribution in [0.2, 0.25) is 0 Å². The number of hydrogen-bond acceptors (Lipinski definition) is 2. The fourth-order valence-corrected chi connectivity index (χ4v) is 4.77. The third-order valence-electron chi connectivity index (χ3n) is 5.58. The standard InChI is InChI=1S/C15H23Cl2NO2/c1-3-20-12-8-11(14(12)6-4-5-7-14)18(2)13(19)10-9-15(10,16)17/h10-12H,3-9H2,1-2H3/t10-,11+,12+/m0/s1. The van der Waals surface area contributed by atoms with Gasteiger partial charge in [-0.05, 0) is 32.6 Å². The average Bonchev–Trinajstić information content (AvgIpc) is 2.83. The minimum Gasteiger partial charge on any atom is -0.378 e. The Hall–Kier alpha value is 0.01000. The molecule has 1 amide bonds. The molecule has 0 aromatic carbocycles. The van der Waals surface area contributed by atoms with Crippen LogP contribution < -0.4 is 0 Å². The molecule has 3 aliphatic rings. The molecule has 5 heteroatoms. The van der Waals surface area contributed by atoms with Gasteiger partial charge in [0.1, 0.15) is 4.33 Å². The van der Waals surface area contributed by atoms with Crippen molar-refractivity contribution in [2.75, 3.05) is 13.7 Å². The van der Waals surface area contributed by atoms with E-state index < -0.39 is 4.33 Å². The number of rotatable bonds is 4. The molecule has 1 spiro atoms. The van der Waals surface area contributed by atoms with Gasteiger partial charge in [-0.2, -0.15) is 0 Å². The van der Waals surface area contributed by atoms with Gasteiger partial charge in [0.15, 0.2) is 0 Å². The lowest BCUT2D eigenvalue weighted by Crippen LogP contribution is -2.64. The number of nitrogens with zero attached hydrogens (tertiary/aromatic N) is 1. The molecule has 0 unspecified atom stereocenters. The lowest BCUT2D eigenvalue weighted by molar-refractivity contribution is -0.173. The molecule has 3 fully saturated rings. The van der Waals surface area contributed by atoms with Gasteiger partial charge in [-0.15, -0.1) is 23.2 Å². The largest absolute Gasteiger partial charge is 0.378 e. The first-order valence-electron chi connectivity index (χ1n) is 7.68. The maximum Gasteiger partial charge on any atom is 0.228 e. The van der Waals surface area contributed by atoms with Crippen molar-refractivity contribution in [1.82, 2.24) is 4.90 Å². The van der Waals surface area contributed by atoms with Gasteiger partial charge >= 0.3 is 0 Å². The number of carbonyl (C=O) groups is 1. The Labute approximate surface area is 130 Å². The molecular formula is C15H23Cl2NO2. The summed E-state index contributed by atoms with van der Waals surface area (Å²) in [6.45, 7) is 2.80. The maximum atomic E-state index is 12.5. The molecule has 0 radical (unpaired) electrons. The number of alkyl halides is 2. The summed E-state index contributed by atoms with van der Waals surface area (Å²) in [5.41, 5.74) is 0.191. The molecule has 0 aromatic heterocycles. The topological polar surface area (TPSA) is 29.5 Å². The molecule has 3 nitrogen and oxygen atoms in total. The summed E-state index contributed by atoms with van der Waals surface area (Å²) >= 11 is 12.1. The van der Waals surface area contributed by atoms with Crippen molar-refractivity contribution < 1.29 is 9.53 Å². The molecule has 20 heavy (non-hydrogen) atoms. The summed E-state index contributed by atoms with van der Waals surface area (Å²) in [7, 11) is 1.91. The van der Waals surface area contributed by atoms with Crippen molar-refractivity contribution in [3.63, 3.8) is 0 Å². The molecular weight excluding hydrogens is 297 g/mol. The van der Waals surface area contributed by atoms with Crippen molar-refractivity contribution in [3.05, 3.63) is 0 Å². The fourth-order valence-electron chi connectivity index (χ4n) is 4.27. The second kappa shape index (κ2) is 5.03. The third-order valence-corrected chi connectivity index (χ3v) is 6.42. The molecule has 0 bridgehead atoms. The van der Waals surface area contributed by atoms with Crippen LogP contribution in [0, 0.1) is 11.3 Å². The Morgan fingerprint density at radius 3 is 2.45 bits per heavy atom. The van der Waals surface area contributed by atoms with Crippen molar-refractivity contribution in [2.24, 2.45) is 11.3 Å². The van der Waals surface area contributed by atoms with Crippen LogP contribution in [0.1, 0.15) is 45.4 Å². The molecule has 0 aliphatic heterocycles. The van der Waals surface area contributed by atoms with Gasteiger partial charge in [0, 0.05) is 25.1 Å². The quantitative estimate of drug-likeness (QED) is 0.743. The number of amides is 1. The van der Waals surface area contributed by atoms with Crippen LogP contribution in [-0.4, -0.2) is 40.9 Å². The highest BCUT2D eigenvalue weighted by Crippen LogP contribution is 2.58. The zero-order valence-electron chi connectivity index (χ0n) is 12.2. The first kappa shape index (κ1) is 14.9. The van der Waals surface area contributed by atoms with E-state index in [9.17, 15) is 4.79 Å². The highest BCUT2D eigenvalue weighted by molar-refractivity contribution is 6.52. The Morgan fingerprint density at radius 1 is 1.35 bits per heavy atom. The lowest BCUT2D eigenvalue weighted by Gasteiger charge is -2.57. The Kier molecular flexibility index (Phi) is 3.75. The first-order valence-corrected chi connectivity index (χ1v) is 8.44. The van der Waals surface area contributed by atoms with Crippen LogP contribution in [0.15, 0.2) is 0 Å². The van der Waals surface area contributed by atoms with E-state index >= 15 is 0 Å². The molecule has 114 valence electrons. The summed E-state index contributed by atoms with van der Waals surface area (Å²) in [5, 5.41) is 0. The molecule has 3 rings (SSSR count). The van der Waals surface area contributed by atoms with Gasteiger partial charge in [-0.1, -0.05) is 12.8 Å². The highest BCUT2D eigenvalue weighted by atomic mass is 35.5. The fraction of sp³-hybridized carbons (Fsp3) is 0.933. The maximum absolute atomic E-state index is 12.5. The monoisotopic (exact) mass is 319 g/mol. The normalized spacial score (nSPS) is 36.7. The summed E-state index contributed by atoms with van der Waals surface area (Å²) in [5.74, 6) is -0.0957. The molecule has 3 saturated carbocycles. The molecule has 0 saturated heterocycles. The molecule has 0 heterocycles. The van der Waals surface area contributed by atoms with Crippen molar-refractivity contribution in [2.45, 2.75) is 61.9 Å². The zero-order valence-corrected chi connectivity index (χ0v) is 13.7. The van der Waals surface area contributed by atoms with E-state index in [4.69, 9.17) is 27.9 Å². The SMILES string of the molecule is CCO[C@@H]1C[C@@H](N(C)C(=O)[C@@H]2CC2(Cl)Cl)C12CCCC2. The van der Waals surface area contributed by atoms with E-state index in [0.29, 0.717) is 18.6 Å². The Balaban J connectivity index is 1.69. The predicted octanol–water partition coefficient (Wildman–Crippen LogP) is 3.38. The second-order valence-electron chi connectivity index (χ2n) is 6.60. The molecule has 3 aliphatic carbocycles. The van der Waals surface area contributed by atoms with E-state index in [0.717, 1.165) is 13.0 Å². The van der Waals surface area contributed by atoms with E-state index in [1.54, 1.807) is 0 Å². The smallest absolute Gasteiger partial charge is 0.228 e. The number of hydrogen-bond donors (Lipinski definition) is 0. The second-order valence-corrected chi connectivity index (χ2v) is 8.15. The average molecular weight is 320 g/mol. The van der Waals surface area contributed by atoms with Crippen molar-refractivity contribution >= 4 is 29.1 Å².